The molecule has 3 atom stereocenters. The zero-order valence-corrected chi connectivity index (χ0v) is 29.0. The van der Waals surface area contributed by atoms with E-state index in [1.54, 1.807) is 14.0 Å². The van der Waals surface area contributed by atoms with Crippen molar-refractivity contribution in [2.45, 2.75) is 114 Å². The van der Waals surface area contributed by atoms with E-state index in [1.165, 1.54) is 50.0 Å². The Labute approximate surface area is 272 Å². The molecule has 12 heteroatoms. The monoisotopic (exact) mass is 663 g/mol. The number of ketones is 1. The van der Waals surface area contributed by atoms with Crippen LogP contribution in [0.3, 0.4) is 0 Å². The van der Waals surface area contributed by atoms with Crippen LogP contribution in [0.25, 0.3) is 0 Å². The molecule has 2 rings (SSSR count). The van der Waals surface area contributed by atoms with E-state index in [1.807, 2.05) is 21.6 Å². The van der Waals surface area contributed by atoms with E-state index in [0.717, 1.165) is 29.8 Å². The highest BCUT2D eigenvalue weighted by Gasteiger charge is 2.18. The fourth-order valence-corrected chi connectivity index (χ4v) is 9.06. The van der Waals surface area contributed by atoms with E-state index in [2.05, 4.69) is 27.7 Å². The molecule has 2 heterocycles. The van der Waals surface area contributed by atoms with Gasteiger partial charge in [-0.15, -0.1) is 0 Å². The van der Waals surface area contributed by atoms with Crippen LogP contribution in [0.15, 0.2) is 0 Å². The van der Waals surface area contributed by atoms with Gasteiger partial charge < -0.3 is 25.8 Å². The number of carbonyl (C=O) groups is 4. The SMILES string of the molecule is CNC(=O)CCCCC1CCCS1.C[C@@H](CC(=O)NCCOCCCO)C(=O)CCCNC(=O)CCCCC1CCSS1. The van der Waals surface area contributed by atoms with Gasteiger partial charge in [0, 0.05) is 81.2 Å². The van der Waals surface area contributed by atoms with Crippen molar-refractivity contribution >= 4 is 56.9 Å². The molecule has 2 fully saturated rings. The lowest BCUT2D eigenvalue weighted by molar-refractivity contribution is -0.128. The van der Waals surface area contributed by atoms with Gasteiger partial charge in [-0.3, -0.25) is 19.2 Å². The lowest BCUT2D eigenvalue weighted by Gasteiger charge is -2.11. The highest BCUT2D eigenvalue weighted by molar-refractivity contribution is 8.77. The third-order valence-corrected chi connectivity index (χ3v) is 11.8. The van der Waals surface area contributed by atoms with Crippen molar-refractivity contribution in [3.05, 3.63) is 0 Å². The first-order valence-corrected chi connectivity index (χ1v) is 19.6. The maximum atomic E-state index is 12.2. The summed E-state index contributed by atoms with van der Waals surface area (Å²) in [4.78, 5) is 46.8. The first-order valence-electron chi connectivity index (χ1n) is 16.2. The molecule has 0 aromatic heterocycles. The first kappa shape index (κ1) is 40.1. The maximum absolute atomic E-state index is 12.2. The summed E-state index contributed by atoms with van der Waals surface area (Å²) >= 11 is 2.11. The number of thioether (sulfide) groups is 1. The molecule has 0 aromatic rings. The molecule has 0 saturated carbocycles. The summed E-state index contributed by atoms with van der Waals surface area (Å²) < 4.78 is 5.24. The fraction of sp³-hybridized carbons (Fsp3) is 0.871. The quantitative estimate of drug-likeness (QED) is 0.0890. The highest BCUT2D eigenvalue weighted by atomic mass is 33.1. The molecular formula is C31H57N3O6S3. The van der Waals surface area contributed by atoms with Crippen LogP contribution >= 0.6 is 33.3 Å². The minimum absolute atomic E-state index is 0.0468. The molecule has 2 saturated heterocycles. The molecule has 0 radical (unpaired) electrons. The highest BCUT2D eigenvalue weighted by Crippen LogP contribution is 2.39. The largest absolute Gasteiger partial charge is 0.396 e. The molecule has 9 nitrogen and oxygen atoms in total. The van der Waals surface area contributed by atoms with Crippen LogP contribution in [0.1, 0.15) is 103 Å². The molecule has 43 heavy (non-hydrogen) atoms. The standard InChI is InChI=1S/C21H38N2O5S2.C10H19NOS/c1-17(16-21(27)23-11-14-28-13-5-12-24)19(25)7-4-10-22-20(26)8-3-2-6-18-9-15-29-30-18;1-11-10(12)7-3-2-5-9-6-4-8-13-9/h17-18,24H,2-16H2,1H3,(H,22,26)(H,23,27);9H,2-8H2,1H3,(H,11,12)/t17-,18?;/m0./s1. The maximum Gasteiger partial charge on any atom is 0.220 e. The minimum Gasteiger partial charge on any atom is -0.396 e. The molecular weight excluding hydrogens is 607 g/mol. The summed E-state index contributed by atoms with van der Waals surface area (Å²) in [7, 11) is 5.63. The molecule has 2 aliphatic heterocycles. The number of Topliss-reactive ketones (excluding diaryl/α,β-unsaturated/α-hetero) is 1. The number of hydrogen-bond donors (Lipinski definition) is 4. The van der Waals surface area contributed by atoms with Crippen molar-refractivity contribution < 1.29 is 29.0 Å². The topological polar surface area (TPSA) is 134 Å². The smallest absolute Gasteiger partial charge is 0.220 e. The summed E-state index contributed by atoms with van der Waals surface area (Å²) in [5.74, 6) is 2.39. The van der Waals surface area contributed by atoms with Crippen LogP contribution < -0.4 is 16.0 Å². The summed E-state index contributed by atoms with van der Waals surface area (Å²) in [6, 6.07) is 0. The Kier molecular flexibility index (Phi) is 25.5. The lowest BCUT2D eigenvalue weighted by Crippen LogP contribution is -2.30. The second-order valence-electron chi connectivity index (χ2n) is 11.2. The van der Waals surface area contributed by atoms with Crippen molar-refractivity contribution in [3.63, 3.8) is 0 Å². The number of nitrogens with one attached hydrogen (secondary N) is 3. The van der Waals surface area contributed by atoms with Gasteiger partial charge >= 0.3 is 0 Å². The van der Waals surface area contributed by atoms with Gasteiger partial charge in [0.05, 0.1) is 6.61 Å². The molecule has 3 amide bonds. The van der Waals surface area contributed by atoms with Gasteiger partial charge in [-0.1, -0.05) is 41.4 Å². The van der Waals surface area contributed by atoms with Gasteiger partial charge in [-0.2, -0.15) is 11.8 Å². The number of aliphatic hydroxyl groups excluding tert-OH is 1. The lowest BCUT2D eigenvalue weighted by atomic mass is 9.98. The Morgan fingerprint density at radius 2 is 1.53 bits per heavy atom. The predicted molar refractivity (Wildman–Crippen MR) is 181 cm³/mol. The number of carbonyl (C=O) groups excluding carboxylic acids is 4. The normalized spacial score (nSPS) is 18.4. The molecule has 0 bridgehead atoms. The van der Waals surface area contributed by atoms with Gasteiger partial charge in [0.2, 0.25) is 17.7 Å². The summed E-state index contributed by atoms with van der Waals surface area (Å²) in [6.07, 6.45) is 13.8. The van der Waals surface area contributed by atoms with Crippen molar-refractivity contribution in [1.82, 2.24) is 16.0 Å². The number of rotatable bonds is 23. The van der Waals surface area contributed by atoms with E-state index in [9.17, 15) is 19.2 Å². The van der Waals surface area contributed by atoms with Crippen LogP contribution in [0.4, 0.5) is 0 Å². The molecule has 0 aromatic carbocycles. The Morgan fingerprint density at radius 1 is 0.814 bits per heavy atom. The van der Waals surface area contributed by atoms with Crippen molar-refractivity contribution in [2.75, 3.05) is 51.5 Å². The van der Waals surface area contributed by atoms with Crippen LogP contribution in [-0.2, 0) is 23.9 Å². The minimum atomic E-state index is -0.331. The van der Waals surface area contributed by atoms with E-state index in [0.29, 0.717) is 58.4 Å². The number of amides is 3. The zero-order chi connectivity index (χ0) is 31.5. The van der Waals surface area contributed by atoms with Gasteiger partial charge in [0.25, 0.3) is 0 Å². The Hall–Kier alpha value is -0.950. The number of hydrogen-bond acceptors (Lipinski definition) is 9. The van der Waals surface area contributed by atoms with Crippen LogP contribution in [0.5, 0.6) is 0 Å². The van der Waals surface area contributed by atoms with E-state index in [-0.39, 0.29) is 42.5 Å². The van der Waals surface area contributed by atoms with Gasteiger partial charge in [-0.25, -0.2) is 0 Å². The number of unbranched alkanes of at least 4 members (excludes halogenated alkanes) is 2. The first-order chi connectivity index (χ1) is 20.8. The van der Waals surface area contributed by atoms with Crippen LogP contribution in [-0.4, -0.2) is 90.6 Å². The van der Waals surface area contributed by atoms with Crippen LogP contribution in [0, 0.1) is 5.92 Å². The summed E-state index contributed by atoms with van der Waals surface area (Å²) in [5, 5.41) is 18.6. The molecule has 2 unspecified atom stereocenters. The fourth-order valence-electron chi connectivity index (χ4n) is 4.70. The Balaban J connectivity index is 0.000000589. The van der Waals surface area contributed by atoms with E-state index < -0.39 is 0 Å². The third-order valence-electron chi connectivity index (χ3n) is 7.37. The molecule has 4 N–H and O–H groups in total. The Morgan fingerprint density at radius 3 is 2.19 bits per heavy atom. The Bertz CT molecular complexity index is 765. The van der Waals surface area contributed by atoms with E-state index in [4.69, 9.17) is 9.84 Å². The second-order valence-corrected chi connectivity index (χ2v) is 15.4. The average molecular weight is 664 g/mol. The van der Waals surface area contributed by atoms with Crippen molar-refractivity contribution in [3.8, 4) is 0 Å². The second kappa shape index (κ2) is 27.4. The molecule has 0 spiro atoms. The van der Waals surface area contributed by atoms with Gasteiger partial charge in [-0.05, 0) is 63.5 Å². The predicted octanol–water partition coefficient (Wildman–Crippen LogP) is 4.90. The van der Waals surface area contributed by atoms with E-state index >= 15 is 0 Å². The van der Waals surface area contributed by atoms with Gasteiger partial charge in [0.15, 0.2) is 0 Å². The average Bonchev–Trinajstić information content (AvgIpc) is 3.72. The van der Waals surface area contributed by atoms with Crippen LogP contribution in [0.2, 0.25) is 0 Å². The molecule has 0 aliphatic carbocycles. The number of aliphatic hydroxyl groups is 1. The molecule has 250 valence electrons. The van der Waals surface area contributed by atoms with Crippen molar-refractivity contribution in [2.24, 2.45) is 5.92 Å². The third kappa shape index (κ3) is 23.1. The zero-order valence-electron chi connectivity index (χ0n) is 26.5. The molecule has 2 aliphatic rings. The van der Waals surface area contributed by atoms with Gasteiger partial charge in [0.1, 0.15) is 5.78 Å². The number of ether oxygens (including phenoxy) is 1. The van der Waals surface area contributed by atoms with Crippen molar-refractivity contribution in [1.29, 1.82) is 0 Å². The summed E-state index contributed by atoms with van der Waals surface area (Å²) in [5.41, 5.74) is 0. The summed E-state index contributed by atoms with van der Waals surface area (Å²) in [6.45, 7) is 3.62.